The quantitative estimate of drug-likeness (QED) is 0.672. The first-order valence-corrected chi connectivity index (χ1v) is 9.77. The fourth-order valence-corrected chi connectivity index (χ4v) is 3.81. The van der Waals surface area contributed by atoms with Gasteiger partial charge in [-0.1, -0.05) is 6.07 Å². The van der Waals surface area contributed by atoms with E-state index >= 15 is 0 Å². The molecule has 0 atom stereocenters. The van der Waals surface area contributed by atoms with Crippen molar-refractivity contribution in [3.05, 3.63) is 17.7 Å². The molecule has 27 heavy (non-hydrogen) atoms. The highest BCUT2D eigenvalue weighted by molar-refractivity contribution is 5.55. The molecule has 0 aromatic heterocycles. The first kappa shape index (κ1) is 20.2. The summed E-state index contributed by atoms with van der Waals surface area (Å²) in [6.07, 6.45) is 0. The zero-order chi connectivity index (χ0) is 19.1. The van der Waals surface area contributed by atoms with E-state index in [0.717, 1.165) is 83.4 Å². The van der Waals surface area contributed by atoms with Gasteiger partial charge in [0.25, 0.3) is 0 Å². The summed E-state index contributed by atoms with van der Waals surface area (Å²) in [5, 5.41) is 0. The minimum Gasteiger partial charge on any atom is -0.493 e. The Bertz CT molecular complexity index is 585. The number of methoxy groups -OCH3 is 3. The maximum absolute atomic E-state index is 5.62. The standard InChI is InChI=1S/C20H33N3O4/c1-24-18-5-4-17(19(25-2)20(18)26-3)16-23-10-8-21(9-11-23)6-7-22-12-14-27-15-13-22/h4-5H,6-16H2,1-3H3. The first-order valence-electron chi connectivity index (χ1n) is 9.77. The van der Waals surface area contributed by atoms with E-state index in [9.17, 15) is 0 Å². The number of nitrogens with zero attached hydrogens (tertiary/aromatic N) is 3. The molecule has 2 aliphatic rings. The lowest BCUT2D eigenvalue weighted by atomic mass is 10.1. The maximum atomic E-state index is 5.62. The molecule has 1 aromatic rings. The van der Waals surface area contributed by atoms with Gasteiger partial charge >= 0.3 is 0 Å². The lowest BCUT2D eigenvalue weighted by Gasteiger charge is -2.36. The highest BCUT2D eigenvalue weighted by Crippen LogP contribution is 2.40. The molecule has 0 unspecified atom stereocenters. The van der Waals surface area contributed by atoms with Gasteiger partial charge in [0.1, 0.15) is 0 Å². The summed E-state index contributed by atoms with van der Waals surface area (Å²) in [7, 11) is 4.98. The molecule has 0 bridgehead atoms. The van der Waals surface area contributed by atoms with Gasteiger partial charge < -0.3 is 18.9 Å². The summed E-state index contributed by atoms with van der Waals surface area (Å²) < 4.78 is 21.9. The van der Waals surface area contributed by atoms with Crippen LogP contribution in [0.5, 0.6) is 17.2 Å². The van der Waals surface area contributed by atoms with Crippen molar-refractivity contribution >= 4 is 0 Å². The van der Waals surface area contributed by atoms with Crippen molar-refractivity contribution in [3.63, 3.8) is 0 Å². The molecule has 2 fully saturated rings. The van der Waals surface area contributed by atoms with E-state index in [2.05, 4.69) is 20.8 Å². The van der Waals surface area contributed by atoms with Crippen LogP contribution in [0.2, 0.25) is 0 Å². The van der Waals surface area contributed by atoms with Crippen LogP contribution in [0.25, 0.3) is 0 Å². The van der Waals surface area contributed by atoms with Gasteiger partial charge in [0, 0.05) is 64.5 Å². The molecular formula is C20H33N3O4. The second-order valence-electron chi connectivity index (χ2n) is 7.07. The molecule has 7 nitrogen and oxygen atoms in total. The van der Waals surface area contributed by atoms with Crippen LogP contribution in [0.3, 0.4) is 0 Å². The number of piperazine rings is 1. The molecule has 2 aliphatic heterocycles. The van der Waals surface area contributed by atoms with E-state index in [1.165, 1.54) is 0 Å². The van der Waals surface area contributed by atoms with E-state index in [1.807, 2.05) is 6.07 Å². The van der Waals surface area contributed by atoms with E-state index in [4.69, 9.17) is 18.9 Å². The minimum absolute atomic E-state index is 0.668. The summed E-state index contributed by atoms with van der Waals surface area (Å²) in [4.78, 5) is 7.55. The fourth-order valence-electron chi connectivity index (χ4n) is 3.81. The molecule has 3 rings (SSSR count). The third kappa shape index (κ3) is 5.25. The summed E-state index contributed by atoms with van der Waals surface area (Å²) in [6, 6.07) is 4.03. The van der Waals surface area contributed by atoms with Crippen LogP contribution >= 0.6 is 0 Å². The van der Waals surface area contributed by atoms with Crippen LogP contribution in [-0.4, -0.2) is 102 Å². The molecule has 0 saturated carbocycles. The van der Waals surface area contributed by atoms with Crippen molar-refractivity contribution in [2.75, 3.05) is 86.9 Å². The Morgan fingerprint density at radius 1 is 0.741 bits per heavy atom. The van der Waals surface area contributed by atoms with E-state index in [-0.39, 0.29) is 0 Å². The number of hydrogen-bond acceptors (Lipinski definition) is 7. The number of rotatable bonds is 8. The highest BCUT2D eigenvalue weighted by atomic mass is 16.5. The fraction of sp³-hybridized carbons (Fsp3) is 0.700. The Hall–Kier alpha value is -1.54. The van der Waals surface area contributed by atoms with E-state index < -0.39 is 0 Å². The van der Waals surface area contributed by atoms with Gasteiger partial charge in [-0.15, -0.1) is 0 Å². The van der Waals surface area contributed by atoms with Crippen molar-refractivity contribution in [3.8, 4) is 17.2 Å². The van der Waals surface area contributed by atoms with Gasteiger partial charge in [0.15, 0.2) is 11.5 Å². The zero-order valence-electron chi connectivity index (χ0n) is 16.9. The molecule has 0 radical (unpaired) electrons. The third-order valence-corrected chi connectivity index (χ3v) is 5.48. The van der Waals surface area contributed by atoms with Crippen LogP contribution in [0.15, 0.2) is 12.1 Å². The third-order valence-electron chi connectivity index (χ3n) is 5.48. The SMILES string of the molecule is COc1ccc(CN2CCN(CCN3CCOCC3)CC2)c(OC)c1OC. The lowest BCUT2D eigenvalue weighted by molar-refractivity contribution is 0.0296. The van der Waals surface area contributed by atoms with Crippen molar-refractivity contribution in [1.82, 2.24) is 14.7 Å². The van der Waals surface area contributed by atoms with Crippen molar-refractivity contribution in [2.24, 2.45) is 0 Å². The zero-order valence-corrected chi connectivity index (χ0v) is 16.9. The maximum Gasteiger partial charge on any atom is 0.203 e. The number of morpholine rings is 1. The Balaban J connectivity index is 1.50. The molecule has 2 heterocycles. The summed E-state index contributed by atoms with van der Waals surface area (Å²) in [5.74, 6) is 2.14. The molecular weight excluding hydrogens is 346 g/mol. The largest absolute Gasteiger partial charge is 0.493 e. The lowest BCUT2D eigenvalue weighted by Crippen LogP contribution is -2.49. The predicted octanol–water partition coefficient (Wildman–Crippen LogP) is 1.16. The first-order chi connectivity index (χ1) is 13.2. The molecule has 0 spiro atoms. The van der Waals surface area contributed by atoms with Crippen LogP contribution in [0.1, 0.15) is 5.56 Å². The van der Waals surface area contributed by atoms with Gasteiger partial charge in [-0.05, 0) is 6.07 Å². The number of hydrogen-bond donors (Lipinski definition) is 0. The normalized spacial score (nSPS) is 19.8. The summed E-state index contributed by atoms with van der Waals surface area (Å²) in [6.45, 7) is 11.4. The van der Waals surface area contributed by atoms with E-state index in [1.54, 1.807) is 21.3 Å². The molecule has 1 aromatic carbocycles. The van der Waals surface area contributed by atoms with Gasteiger partial charge in [-0.3, -0.25) is 14.7 Å². The van der Waals surface area contributed by atoms with Crippen LogP contribution in [0, 0.1) is 0 Å². The minimum atomic E-state index is 0.668. The van der Waals surface area contributed by atoms with Crippen molar-refractivity contribution in [2.45, 2.75) is 6.54 Å². The number of ether oxygens (including phenoxy) is 4. The van der Waals surface area contributed by atoms with Gasteiger partial charge in [-0.2, -0.15) is 0 Å². The van der Waals surface area contributed by atoms with Crippen LogP contribution in [0.4, 0.5) is 0 Å². The molecule has 0 amide bonds. The smallest absolute Gasteiger partial charge is 0.203 e. The second-order valence-corrected chi connectivity index (χ2v) is 7.07. The molecule has 0 N–H and O–H groups in total. The monoisotopic (exact) mass is 379 g/mol. The van der Waals surface area contributed by atoms with Gasteiger partial charge in [0.2, 0.25) is 5.75 Å². The summed E-state index contributed by atoms with van der Waals surface area (Å²) >= 11 is 0. The predicted molar refractivity (Wildman–Crippen MR) is 105 cm³/mol. The highest BCUT2D eigenvalue weighted by Gasteiger charge is 2.21. The van der Waals surface area contributed by atoms with Gasteiger partial charge in [0.05, 0.1) is 34.5 Å². The molecule has 7 heteroatoms. The van der Waals surface area contributed by atoms with Gasteiger partial charge in [-0.25, -0.2) is 0 Å². The average Bonchev–Trinajstić information content (AvgIpc) is 2.73. The second kappa shape index (κ2) is 10.1. The molecule has 0 aliphatic carbocycles. The Kier molecular flexibility index (Phi) is 7.58. The van der Waals surface area contributed by atoms with E-state index in [0.29, 0.717) is 11.5 Å². The Labute approximate surface area is 162 Å². The van der Waals surface area contributed by atoms with Crippen LogP contribution in [-0.2, 0) is 11.3 Å². The Morgan fingerprint density at radius 3 is 1.93 bits per heavy atom. The average molecular weight is 380 g/mol. The Morgan fingerprint density at radius 2 is 1.33 bits per heavy atom. The number of benzene rings is 1. The van der Waals surface area contributed by atoms with Crippen LogP contribution < -0.4 is 14.2 Å². The molecule has 152 valence electrons. The van der Waals surface area contributed by atoms with Crippen molar-refractivity contribution in [1.29, 1.82) is 0 Å². The van der Waals surface area contributed by atoms with Crippen molar-refractivity contribution < 1.29 is 18.9 Å². The topological polar surface area (TPSA) is 46.6 Å². The molecule has 2 saturated heterocycles. The summed E-state index contributed by atoms with van der Waals surface area (Å²) in [5.41, 5.74) is 1.14.